The van der Waals surface area contributed by atoms with Gasteiger partial charge in [-0.15, -0.1) is 0 Å². The quantitative estimate of drug-likeness (QED) is 0.628. The van der Waals surface area contributed by atoms with E-state index in [2.05, 4.69) is 5.32 Å². The number of halogens is 3. The Hall–Kier alpha value is -3.33. The zero-order valence-corrected chi connectivity index (χ0v) is 16.5. The molecule has 0 fully saturated rings. The number of carbonyl (C=O) groups excluding carboxylic acids is 1. The van der Waals surface area contributed by atoms with Crippen LogP contribution in [0, 0.1) is 0 Å². The van der Waals surface area contributed by atoms with Gasteiger partial charge in [-0.1, -0.05) is 24.3 Å². The van der Waals surface area contributed by atoms with Gasteiger partial charge in [-0.25, -0.2) is 8.42 Å². The van der Waals surface area contributed by atoms with Crippen LogP contribution >= 0.6 is 0 Å². The number of amides is 1. The largest absolute Gasteiger partial charge is 0.416 e. The van der Waals surface area contributed by atoms with Crippen LogP contribution in [0.15, 0.2) is 83.8 Å². The van der Waals surface area contributed by atoms with Gasteiger partial charge in [0.25, 0.3) is 15.9 Å². The van der Waals surface area contributed by atoms with Crippen molar-refractivity contribution in [3.8, 4) is 0 Å². The zero-order valence-electron chi connectivity index (χ0n) is 15.7. The summed E-state index contributed by atoms with van der Waals surface area (Å²) in [6.45, 7) is 0. The Bertz CT molecular complexity index is 1150. The summed E-state index contributed by atoms with van der Waals surface area (Å²) in [5.74, 6) is -0.581. The minimum atomic E-state index is -4.47. The van der Waals surface area contributed by atoms with Crippen LogP contribution in [0.4, 0.5) is 24.5 Å². The standard InChI is InChI=1S/C21H17F3N2O3S/c1-26(30(28,29)19-8-3-2-4-9-19)18-7-5-6-15(14-18)20(27)25-17-12-10-16(11-13-17)21(22,23)24/h2-14H,1H3,(H,25,27). The molecule has 156 valence electrons. The summed E-state index contributed by atoms with van der Waals surface area (Å²) in [6.07, 6.45) is -4.47. The number of hydrogen-bond acceptors (Lipinski definition) is 3. The van der Waals surface area contributed by atoms with Gasteiger partial charge in [-0.05, 0) is 54.6 Å². The summed E-state index contributed by atoms with van der Waals surface area (Å²) in [5, 5.41) is 2.50. The molecule has 0 aromatic heterocycles. The lowest BCUT2D eigenvalue weighted by Crippen LogP contribution is -2.26. The molecule has 0 aliphatic rings. The summed E-state index contributed by atoms with van der Waals surface area (Å²) in [7, 11) is -2.45. The van der Waals surface area contributed by atoms with Crippen molar-refractivity contribution in [2.75, 3.05) is 16.7 Å². The molecular weight excluding hydrogens is 417 g/mol. The van der Waals surface area contributed by atoms with Gasteiger partial charge in [0.2, 0.25) is 0 Å². The predicted octanol–water partition coefficient (Wildman–Crippen LogP) is 4.78. The molecule has 3 aromatic rings. The molecule has 0 radical (unpaired) electrons. The number of nitrogens with one attached hydrogen (secondary N) is 1. The zero-order chi connectivity index (χ0) is 21.9. The maximum absolute atomic E-state index is 12.8. The third-order valence-electron chi connectivity index (χ3n) is 4.34. The molecule has 0 atom stereocenters. The number of benzene rings is 3. The number of hydrogen-bond donors (Lipinski definition) is 1. The Morgan fingerprint density at radius 1 is 0.900 bits per heavy atom. The molecule has 0 bridgehead atoms. The Morgan fingerprint density at radius 3 is 2.13 bits per heavy atom. The predicted molar refractivity (Wildman–Crippen MR) is 108 cm³/mol. The molecule has 3 rings (SSSR count). The molecule has 0 spiro atoms. The van der Waals surface area contributed by atoms with Crippen LogP contribution < -0.4 is 9.62 Å². The van der Waals surface area contributed by atoms with E-state index in [-0.39, 0.29) is 21.8 Å². The maximum Gasteiger partial charge on any atom is 0.416 e. The lowest BCUT2D eigenvalue weighted by molar-refractivity contribution is -0.137. The molecule has 0 aliphatic carbocycles. The van der Waals surface area contributed by atoms with Crippen LogP contribution in [0.5, 0.6) is 0 Å². The van der Waals surface area contributed by atoms with Gasteiger partial charge in [0, 0.05) is 18.3 Å². The van der Waals surface area contributed by atoms with Crippen LogP contribution in [-0.4, -0.2) is 21.4 Å². The number of sulfonamides is 1. The van der Waals surface area contributed by atoms with Crippen molar-refractivity contribution < 1.29 is 26.4 Å². The molecule has 1 N–H and O–H groups in total. The van der Waals surface area contributed by atoms with E-state index in [1.807, 2.05) is 0 Å². The molecule has 9 heteroatoms. The Kier molecular flexibility index (Phi) is 5.84. The van der Waals surface area contributed by atoms with Gasteiger partial charge in [0.05, 0.1) is 16.1 Å². The highest BCUT2D eigenvalue weighted by Gasteiger charge is 2.30. The summed E-state index contributed by atoms with van der Waals surface area (Å²) in [5.41, 5.74) is -0.222. The molecular formula is C21H17F3N2O3S. The monoisotopic (exact) mass is 434 g/mol. The first-order chi connectivity index (χ1) is 14.1. The van der Waals surface area contributed by atoms with Crippen LogP contribution in [0.1, 0.15) is 15.9 Å². The fourth-order valence-corrected chi connectivity index (χ4v) is 3.89. The molecule has 0 heterocycles. The Labute approximate surface area is 171 Å². The fourth-order valence-electron chi connectivity index (χ4n) is 2.68. The van der Waals surface area contributed by atoms with E-state index in [4.69, 9.17) is 0 Å². The average Bonchev–Trinajstić information content (AvgIpc) is 2.73. The number of anilines is 2. The maximum atomic E-state index is 12.8. The van der Waals surface area contributed by atoms with E-state index in [1.165, 1.54) is 43.4 Å². The lowest BCUT2D eigenvalue weighted by Gasteiger charge is -2.20. The number of alkyl halides is 3. The smallest absolute Gasteiger partial charge is 0.322 e. The van der Waals surface area contributed by atoms with Gasteiger partial charge in [-0.3, -0.25) is 9.10 Å². The molecule has 5 nitrogen and oxygen atoms in total. The first-order valence-electron chi connectivity index (χ1n) is 8.72. The van der Waals surface area contributed by atoms with Crippen molar-refractivity contribution in [2.24, 2.45) is 0 Å². The highest BCUT2D eigenvalue weighted by Crippen LogP contribution is 2.30. The molecule has 30 heavy (non-hydrogen) atoms. The van der Waals surface area contributed by atoms with Gasteiger partial charge >= 0.3 is 6.18 Å². The number of carbonyl (C=O) groups is 1. The van der Waals surface area contributed by atoms with Crippen molar-refractivity contribution in [2.45, 2.75) is 11.1 Å². The number of rotatable bonds is 5. The van der Waals surface area contributed by atoms with E-state index in [9.17, 15) is 26.4 Å². The van der Waals surface area contributed by atoms with E-state index in [1.54, 1.807) is 18.2 Å². The van der Waals surface area contributed by atoms with Crippen LogP contribution in [0.25, 0.3) is 0 Å². The Morgan fingerprint density at radius 2 is 1.53 bits per heavy atom. The van der Waals surface area contributed by atoms with Crippen molar-refractivity contribution in [3.63, 3.8) is 0 Å². The normalized spacial score (nSPS) is 11.7. The average molecular weight is 434 g/mol. The van der Waals surface area contributed by atoms with Gasteiger partial charge in [-0.2, -0.15) is 13.2 Å². The minimum Gasteiger partial charge on any atom is -0.322 e. The van der Waals surface area contributed by atoms with Crippen LogP contribution in [-0.2, 0) is 16.2 Å². The van der Waals surface area contributed by atoms with Crippen LogP contribution in [0.2, 0.25) is 0 Å². The van der Waals surface area contributed by atoms with Gasteiger partial charge < -0.3 is 5.32 Å². The molecule has 1 amide bonds. The summed E-state index contributed by atoms with van der Waals surface area (Å²) in [6, 6.07) is 17.8. The summed E-state index contributed by atoms with van der Waals surface area (Å²) in [4.78, 5) is 12.6. The second-order valence-electron chi connectivity index (χ2n) is 6.37. The first kappa shape index (κ1) is 21.4. The molecule has 0 aliphatic heterocycles. The minimum absolute atomic E-state index is 0.104. The van der Waals surface area contributed by atoms with Crippen molar-refractivity contribution >= 4 is 27.3 Å². The van der Waals surface area contributed by atoms with Crippen LogP contribution in [0.3, 0.4) is 0 Å². The number of nitrogens with zero attached hydrogens (tertiary/aromatic N) is 1. The second-order valence-corrected chi connectivity index (χ2v) is 8.33. The first-order valence-corrected chi connectivity index (χ1v) is 10.2. The summed E-state index contributed by atoms with van der Waals surface area (Å²) >= 11 is 0. The van der Waals surface area contributed by atoms with Gasteiger partial charge in [0.15, 0.2) is 0 Å². The van der Waals surface area contributed by atoms with Gasteiger partial charge in [0.1, 0.15) is 0 Å². The topological polar surface area (TPSA) is 66.5 Å². The third kappa shape index (κ3) is 4.62. The Balaban J connectivity index is 1.80. The highest BCUT2D eigenvalue weighted by atomic mass is 32.2. The fraction of sp³-hybridized carbons (Fsp3) is 0.0952. The van der Waals surface area contributed by atoms with Crippen molar-refractivity contribution in [1.82, 2.24) is 0 Å². The molecule has 3 aromatic carbocycles. The molecule has 0 saturated heterocycles. The SMILES string of the molecule is CN(c1cccc(C(=O)Nc2ccc(C(F)(F)F)cc2)c1)S(=O)(=O)c1ccccc1. The van der Waals surface area contributed by atoms with Crippen molar-refractivity contribution in [1.29, 1.82) is 0 Å². The highest BCUT2D eigenvalue weighted by molar-refractivity contribution is 7.92. The van der Waals surface area contributed by atoms with E-state index in [0.717, 1.165) is 28.6 Å². The van der Waals surface area contributed by atoms with E-state index in [0.29, 0.717) is 0 Å². The third-order valence-corrected chi connectivity index (χ3v) is 6.14. The summed E-state index contributed by atoms with van der Waals surface area (Å²) < 4.78 is 64.5. The van der Waals surface area contributed by atoms with E-state index >= 15 is 0 Å². The molecule has 0 unspecified atom stereocenters. The molecule has 0 saturated carbocycles. The lowest BCUT2D eigenvalue weighted by atomic mass is 10.1. The van der Waals surface area contributed by atoms with E-state index < -0.39 is 27.7 Å². The second kappa shape index (κ2) is 8.19. The van der Waals surface area contributed by atoms with Crippen molar-refractivity contribution in [3.05, 3.63) is 90.0 Å².